The second-order valence-electron chi connectivity index (χ2n) is 4.08. The molecule has 0 saturated heterocycles. The molecule has 0 radical (unpaired) electrons. The summed E-state index contributed by atoms with van der Waals surface area (Å²) in [6.45, 7) is 3.74. The van der Waals surface area contributed by atoms with Gasteiger partial charge in [0.15, 0.2) is 0 Å². The third kappa shape index (κ3) is 1.76. The molecule has 0 saturated carbocycles. The van der Waals surface area contributed by atoms with E-state index in [1.54, 1.807) is 6.07 Å². The number of aromatic nitrogens is 2. The predicted octanol–water partition coefficient (Wildman–Crippen LogP) is 2.12. The first-order valence-corrected chi connectivity index (χ1v) is 4.85. The van der Waals surface area contributed by atoms with Gasteiger partial charge in [-0.05, 0) is 31.5 Å². The molecule has 2 N–H and O–H groups in total. The Bertz CT molecular complexity index is 507. The Hall–Kier alpha value is -1.91. The summed E-state index contributed by atoms with van der Waals surface area (Å²) in [5.41, 5.74) is 5.57. The van der Waals surface area contributed by atoms with Crippen molar-refractivity contribution in [2.24, 2.45) is 0 Å². The molecule has 1 aromatic heterocycles. The topological polar surface area (TPSA) is 64.9 Å². The minimum atomic E-state index is -0.563. The van der Waals surface area contributed by atoms with Gasteiger partial charge in [0, 0.05) is 0 Å². The summed E-state index contributed by atoms with van der Waals surface area (Å²) in [6.07, 6.45) is 0. The van der Waals surface area contributed by atoms with Crippen molar-refractivity contribution < 1.29 is 8.81 Å². The van der Waals surface area contributed by atoms with E-state index in [0.29, 0.717) is 5.89 Å². The summed E-state index contributed by atoms with van der Waals surface area (Å²) in [5, 5.41) is 7.43. The van der Waals surface area contributed by atoms with Crippen molar-refractivity contribution >= 4 is 6.01 Å². The van der Waals surface area contributed by atoms with Gasteiger partial charge in [-0.2, -0.15) is 0 Å². The van der Waals surface area contributed by atoms with Crippen molar-refractivity contribution in [3.63, 3.8) is 0 Å². The Labute approximate surface area is 92.3 Å². The van der Waals surface area contributed by atoms with E-state index in [1.165, 1.54) is 12.1 Å². The SMILES string of the molecule is CC(C)(c1cccc(F)c1)c1nnc(N)o1. The van der Waals surface area contributed by atoms with E-state index in [9.17, 15) is 4.39 Å². The summed E-state index contributed by atoms with van der Waals surface area (Å²) in [5.74, 6) is 0.0775. The third-order valence-corrected chi connectivity index (χ3v) is 2.52. The number of anilines is 1. The molecule has 4 nitrogen and oxygen atoms in total. The van der Waals surface area contributed by atoms with Crippen LogP contribution in [0.1, 0.15) is 25.3 Å². The van der Waals surface area contributed by atoms with E-state index in [1.807, 2.05) is 19.9 Å². The lowest BCUT2D eigenvalue weighted by molar-refractivity contribution is 0.421. The molecule has 0 aliphatic carbocycles. The van der Waals surface area contributed by atoms with Gasteiger partial charge < -0.3 is 10.2 Å². The average molecular weight is 221 g/mol. The maximum absolute atomic E-state index is 13.1. The van der Waals surface area contributed by atoms with E-state index in [2.05, 4.69) is 10.2 Å². The zero-order valence-electron chi connectivity index (χ0n) is 9.07. The van der Waals surface area contributed by atoms with Gasteiger partial charge in [-0.1, -0.05) is 17.2 Å². The number of nitrogens with zero attached hydrogens (tertiary/aromatic N) is 2. The van der Waals surface area contributed by atoms with E-state index < -0.39 is 5.41 Å². The molecule has 2 aromatic rings. The zero-order chi connectivity index (χ0) is 11.8. The highest BCUT2D eigenvalue weighted by Crippen LogP contribution is 2.30. The van der Waals surface area contributed by atoms with Gasteiger partial charge in [0.1, 0.15) is 5.82 Å². The van der Waals surface area contributed by atoms with Crippen LogP contribution in [0.15, 0.2) is 28.7 Å². The minimum Gasteiger partial charge on any atom is -0.407 e. The van der Waals surface area contributed by atoms with E-state index in [4.69, 9.17) is 10.2 Å². The highest BCUT2D eigenvalue weighted by Gasteiger charge is 2.29. The average Bonchev–Trinajstić information content (AvgIpc) is 2.65. The standard InChI is InChI=1S/C11H12FN3O/c1-11(2,9-14-15-10(13)16-9)7-4-3-5-8(12)6-7/h3-6H,1-2H3,(H2,13,15). The molecule has 0 amide bonds. The highest BCUT2D eigenvalue weighted by molar-refractivity contribution is 5.30. The second-order valence-corrected chi connectivity index (χ2v) is 4.08. The molecule has 2 rings (SSSR count). The zero-order valence-corrected chi connectivity index (χ0v) is 9.07. The molecule has 0 atom stereocenters. The van der Waals surface area contributed by atoms with E-state index in [0.717, 1.165) is 5.56 Å². The number of halogens is 1. The van der Waals surface area contributed by atoms with E-state index in [-0.39, 0.29) is 11.8 Å². The summed E-state index contributed by atoms with van der Waals surface area (Å²) < 4.78 is 18.3. The first kappa shape index (κ1) is 10.6. The quantitative estimate of drug-likeness (QED) is 0.843. The molecular formula is C11H12FN3O. The number of rotatable bonds is 2. The molecule has 1 heterocycles. The molecule has 0 aliphatic heterocycles. The first-order chi connectivity index (χ1) is 7.50. The fourth-order valence-electron chi connectivity index (χ4n) is 1.49. The van der Waals surface area contributed by atoms with Crippen LogP contribution in [0.2, 0.25) is 0 Å². The van der Waals surface area contributed by atoms with Crippen molar-refractivity contribution in [3.05, 3.63) is 41.5 Å². The van der Waals surface area contributed by atoms with Crippen molar-refractivity contribution in [2.45, 2.75) is 19.3 Å². The monoisotopic (exact) mass is 221 g/mol. The normalized spacial score (nSPS) is 11.7. The van der Waals surface area contributed by atoms with Crippen LogP contribution >= 0.6 is 0 Å². The molecular weight excluding hydrogens is 209 g/mol. The fraction of sp³-hybridized carbons (Fsp3) is 0.273. The van der Waals surface area contributed by atoms with Crippen LogP contribution in [0, 0.1) is 5.82 Å². The van der Waals surface area contributed by atoms with Crippen LogP contribution in [0.5, 0.6) is 0 Å². The molecule has 16 heavy (non-hydrogen) atoms. The number of hydrogen-bond donors (Lipinski definition) is 1. The summed E-state index contributed by atoms with van der Waals surface area (Å²) >= 11 is 0. The molecule has 1 aromatic carbocycles. The van der Waals surface area contributed by atoms with Gasteiger partial charge in [0.05, 0.1) is 5.41 Å². The van der Waals surface area contributed by atoms with Gasteiger partial charge in [-0.25, -0.2) is 4.39 Å². The number of hydrogen-bond acceptors (Lipinski definition) is 4. The molecule has 0 spiro atoms. The van der Waals surface area contributed by atoms with Crippen LogP contribution in [0.3, 0.4) is 0 Å². The van der Waals surface area contributed by atoms with Crippen molar-refractivity contribution in [1.29, 1.82) is 0 Å². The molecule has 0 unspecified atom stereocenters. The maximum Gasteiger partial charge on any atom is 0.312 e. The second kappa shape index (κ2) is 3.59. The third-order valence-electron chi connectivity index (χ3n) is 2.52. The lowest BCUT2D eigenvalue weighted by Gasteiger charge is -2.20. The van der Waals surface area contributed by atoms with Crippen molar-refractivity contribution in [2.75, 3.05) is 5.73 Å². The van der Waals surface area contributed by atoms with Gasteiger partial charge in [0.25, 0.3) is 0 Å². The van der Waals surface area contributed by atoms with Crippen LogP contribution in [-0.2, 0) is 5.41 Å². The minimum absolute atomic E-state index is 0.0134. The first-order valence-electron chi connectivity index (χ1n) is 4.85. The van der Waals surface area contributed by atoms with E-state index >= 15 is 0 Å². The smallest absolute Gasteiger partial charge is 0.312 e. The molecule has 84 valence electrons. The predicted molar refractivity (Wildman–Crippen MR) is 57.2 cm³/mol. The summed E-state index contributed by atoms with van der Waals surface area (Å²) in [4.78, 5) is 0. The molecule has 0 fully saturated rings. The summed E-state index contributed by atoms with van der Waals surface area (Å²) in [6, 6.07) is 6.30. The number of benzene rings is 1. The summed E-state index contributed by atoms with van der Waals surface area (Å²) in [7, 11) is 0. The molecule has 0 bridgehead atoms. The number of nitrogen functional groups attached to an aromatic ring is 1. The number of nitrogens with two attached hydrogens (primary N) is 1. The van der Waals surface area contributed by atoms with Crippen molar-refractivity contribution in [3.8, 4) is 0 Å². The molecule has 5 heteroatoms. The maximum atomic E-state index is 13.1. The Morgan fingerprint density at radius 1 is 1.31 bits per heavy atom. The van der Waals surface area contributed by atoms with Crippen molar-refractivity contribution in [1.82, 2.24) is 10.2 Å². The Morgan fingerprint density at radius 3 is 2.62 bits per heavy atom. The van der Waals surface area contributed by atoms with Gasteiger partial charge in [-0.15, -0.1) is 5.10 Å². The lowest BCUT2D eigenvalue weighted by atomic mass is 9.84. The Balaban J connectivity index is 2.46. The van der Waals surface area contributed by atoms with Gasteiger partial charge >= 0.3 is 6.01 Å². The largest absolute Gasteiger partial charge is 0.407 e. The van der Waals surface area contributed by atoms with Crippen LogP contribution < -0.4 is 5.73 Å². The van der Waals surface area contributed by atoms with Crippen LogP contribution in [0.4, 0.5) is 10.4 Å². The fourth-order valence-corrected chi connectivity index (χ4v) is 1.49. The highest BCUT2D eigenvalue weighted by atomic mass is 19.1. The Morgan fingerprint density at radius 2 is 2.06 bits per heavy atom. The molecule has 0 aliphatic rings. The Kier molecular flexibility index (Phi) is 2.38. The van der Waals surface area contributed by atoms with Crippen LogP contribution in [0.25, 0.3) is 0 Å². The van der Waals surface area contributed by atoms with Crippen LogP contribution in [-0.4, -0.2) is 10.2 Å². The van der Waals surface area contributed by atoms with Gasteiger partial charge in [0.2, 0.25) is 5.89 Å². The van der Waals surface area contributed by atoms with Gasteiger partial charge in [-0.3, -0.25) is 0 Å². The lowest BCUT2D eigenvalue weighted by Crippen LogP contribution is -2.19.